The largest absolute Gasteiger partial charge is 0.356 e. The Morgan fingerprint density at radius 2 is 1.79 bits per heavy atom. The molecule has 29 heavy (non-hydrogen) atoms. The first-order chi connectivity index (χ1) is 14.1. The number of nitrogens with zero attached hydrogens (tertiary/aromatic N) is 5. The van der Waals surface area contributed by atoms with E-state index in [1.54, 1.807) is 19.0 Å². The van der Waals surface area contributed by atoms with Gasteiger partial charge in [0.25, 0.3) is 0 Å². The molecule has 1 aliphatic rings. The van der Waals surface area contributed by atoms with Crippen LogP contribution < -0.4 is 10.2 Å². The highest BCUT2D eigenvalue weighted by Crippen LogP contribution is 2.12. The second kappa shape index (κ2) is 10.5. The van der Waals surface area contributed by atoms with Gasteiger partial charge in [-0.1, -0.05) is 36.4 Å². The fourth-order valence-electron chi connectivity index (χ4n) is 3.20. The summed E-state index contributed by atoms with van der Waals surface area (Å²) in [4.78, 5) is 27.2. The van der Waals surface area contributed by atoms with Gasteiger partial charge in [0.2, 0.25) is 5.91 Å². The zero-order valence-electron chi connectivity index (χ0n) is 17.3. The maximum Gasteiger partial charge on any atom is 0.243 e. The molecule has 3 rings (SSSR count). The summed E-state index contributed by atoms with van der Waals surface area (Å²) in [6.07, 6.45) is 2.74. The molecule has 1 aromatic heterocycles. The molecular weight excluding hydrogens is 364 g/mol. The van der Waals surface area contributed by atoms with Crippen LogP contribution in [0.4, 0.5) is 5.82 Å². The lowest BCUT2D eigenvalue weighted by Gasteiger charge is -2.37. The molecule has 2 aromatic rings. The smallest absolute Gasteiger partial charge is 0.243 e. The second-order valence-electron chi connectivity index (χ2n) is 7.25. The van der Waals surface area contributed by atoms with Gasteiger partial charge in [-0.15, -0.1) is 0 Å². The molecule has 0 atom stereocenters. The molecule has 0 saturated carbocycles. The molecule has 7 heteroatoms. The number of nitrogens with one attached hydrogen (secondary N) is 1. The van der Waals surface area contributed by atoms with Gasteiger partial charge in [0, 0.05) is 53.0 Å². The zero-order chi connectivity index (χ0) is 20.5. The van der Waals surface area contributed by atoms with Crippen molar-refractivity contribution in [3.63, 3.8) is 0 Å². The first-order valence-electron chi connectivity index (χ1n) is 10.1. The number of pyridine rings is 1. The topological polar surface area (TPSA) is 64.1 Å². The van der Waals surface area contributed by atoms with Gasteiger partial charge in [0.1, 0.15) is 12.4 Å². The van der Waals surface area contributed by atoms with Crippen molar-refractivity contribution in [2.24, 2.45) is 4.99 Å². The van der Waals surface area contributed by atoms with E-state index < -0.39 is 0 Å². The van der Waals surface area contributed by atoms with E-state index in [1.165, 1.54) is 5.56 Å². The first kappa shape index (κ1) is 20.6. The summed E-state index contributed by atoms with van der Waals surface area (Å²) < 4.78 is 0. The number of benzene rings is 1. The molecule has 154 valence electrons. The van der Waals surface area contributed by atoms with Crippen LogP contribution in [0.15, 0.2) is 59.7 Å². The highest BCUT2D eigenvalue weighted by Gasteiger charge is 2.21. The number of likely N-dealkylation sites (N-methyl/N-ethyl adjacent to an activating group) is 1. The van der Waals surface area contributed by atoms with E-state index in [0.29, 0.717) is 0 Å². The summed E-state index contributed by atoms with van der Waals surface area (Å²) >= 11 is 0. The highest BCUT2D eigenvalue weighted by atomic mass is 16.2. The van der Waals surface area contributed by atoms with Crippen molar-refractivity contribution >= 4 is 17.7 Å². The number of aromatic nitrogens is 1. The number of guanidine groups is 1. The minimum Gasteiger partial charge on any atom is -0.356 e. The molecule has 0 radical (unpaired) electrons. The molecule has 1 saturated heterocycles. The van der Waals surface area contributed by atoms with Gasteiger partial charge in [-0.2, -0.15) is 0 Å². The van der Waals surface area contributed by atoms with Gasteiger partial charge >= 0.3 is 0 Å². The lowest BCUT2D eigenvalue weighted by Crippen LogP contribution is -2.53. The number of hydrogen-bond donors (Lipinski definition) is 1. The Bertz CT molecular complexity index is 785. The third-order valence-corrected chi connectivity index (χ3v) is 4.95. The Balaban J connectivity index is 1.60. The number of piperazine rings is 1. The molecule has 1 fully saturated rings. The van der Waals surface area contributed by atoms with Crippen molar-refractivity contribution in [2.45, 2.75) is 6.42 Å². The Hall–Kier alpha value is -3.09. The summed E-state index contributed by atoms with van der Waals surface area (Å²) in [5, 5.41) is 3.46. The van der Waals surface area contributed by atoms with Gasteiger partial charge in [-0.25, -0.2) is 9.98 Å². The van der Waals surface area contributed by atoms with Gasteiger partial charge in [-0.3, -0.25) is 4.79 Å². The van der Waals surface area contributed by atoms with Crippen LogP contribution in [-0.4, -0.2) is 80.0 Å². The summed E-state index contributed by atoms with van der Waals surface area (Å²) in [7, 11) is 3.51. The average molecular weight is 395 g/mol. The van der Waals surface area contributed by atoms with Gasteiger partial charge in [-0.05, 0) is 24.1 Å². The molecule has 0 bridgehead atoms. The van der Waals surface area contributed by atoms with Crippen molar-refractivity contribution in [1.29, 1.82) is 0 Å². The number of aliphatic imine (C=N–C) groups is 1. The number of rotatable bonds is 6. The van der Waals surface area contributed by atoms with Crippen molar-refractivity contribution in [2.75, 3.05) is 58.3 Å². The number of amides is 1. The maximum absolute atomic E-state index is 12.0. The second-order valence-corrected chi connectivity index (χ2v) is 7.25. The van der Waals surface area contributed by atoms with Crippen molar-refractivity contribution < 1.29 is 4.79 Å². The van der Waals surface area contributed by atoms with Gasteiger partial charge < -0.3 is 20.0 Å². The van der Waals surface area contributed by atoms with Crippen LogP contribution in [0.25, 0.3) is 0 Å². The predicted molar refractivity (Wildman–Crippen MR) is 117 cm³/mol. The molecular formula is C22H30N6O. The normalized spacial score (nSPS) is 14.6. The number of carbonyl (C=O) groups is 1. The van der Waals surface area contributed by atoms with Crippen LogP contribution in [0.1, 0.15) is 5.56 Å². The van der Waals surface area contributed by atoms with Crippen LogP contribution in [-0.2, 0) is 11.2 Å². The van der Waals surface area contributed by atoms with Crippen molar-refractivity contribution in [3.05, 3.63) is 60.3 Å². The molecule has 2 heterocycles. The molecule has 1 N–H and O–H groups in total. The minimum atomic E-state index is -0.000481. The lowest BCUT2D eigenvalue weighted by molar-refractivity contribution is -0.127. The Kier molecular flexibility index (Phi) is 7.44. The third kappa shape index (κ3) is 6.20. The highest BCUT2D eigenvalue weighted by molar-refractivity contribution is 5.85. The Morgan fingerprint density at radius 1 is 1.07 bits per heavy atom. The van der Waals surface area contributed by atoms with E-state index >= 15 is 0 Å². The number of anilines is 1. The monoisotopic (exact) mass is 394 g/mol. The minimum absolute atomic E-state index is 0.000481. The van der Waals surface area contributed by atoms with E-state index in [0.717, 1.165) is 50.9 Å². The van der Waals surface area contributed by atoms with Gasteiger partial charge in [0.15, 0.2) is 5.96 Å². The Labute approximate surface area is 173 Å². The SMILES string of the molecule is CN(C)C(=O)CN=C(NCCc1ccccc1)N1CCN(c2ccccn2)CC1. The lowest BCUT2D eigenvalue weighted by atomic mass is 10.1. The van der Waals surface area contributed by atoms with Crippen LogP contribution in [0.3, 0.4) is 0 Å². The van der Waals surface area contributed by atoms with Crippen molar-refractivity contribution in [1.82, 2.24) is 20.1 Å². The predicted octanol–water partition coefficient (Wildman–Crippen LogP) is 1.48. The van der Waals surface area contributed by atoms with Gasteiger partial charge in [0.05, 0.1) is 0 Å². The molecule has 1 amide bonds. The summed E-state index contributed by atoms with van der Waals surface area (Å²) in [6.45, 7) is 4.35. The van der Waals surface area contributed by atoms with Crippen LogP contribution >= 0.6 is 0 Å². The van der Waals surface area contributed by atoms with Crippen molar-refractivity contribution in [3.8, 4) is 0 Å². The quantitative estimate of drug-likeness (QED) is 0.594. The van der Waals surface area contributed by atoms with E-state index in [-0.39, 0.29) is 12.5 Å². The fraction of sp³-hybridized carbons (Fsp3) is 0.409. The van der Waals surface area contributed by atoms with E-state index in [1.807, 2.05) is 30.5 Å². The zero-order valence-corrected chi connectivity index (χ0v) is 17.3. The average Bonchev–Trinajstić information content (AvgIpc) is 2.77. The first-order valence-corrected chi connectivity index (χ1v) is 10.1. The molecule has 1 aliphatic heterocycles. The summed E-state index contributed by atoms with van der Waals surface area (Å²) in [6, 6.07) is 16.4. The molecule has 0 aliphatic carbocycles. The maximum atomic E-state index is 12.0. The molecule has 7 nitrogen and oxygen atoms in total. The number of carbonyl (C=O) groups excluding carboxylic acids is 1. The molecule has 0 spiro atoms. The number of hydrogen-bond acceptors (Lipinski definition) is 4. The molecule has 0 unspecified atom stereocenters. The van der Waals surface area contributed by atoms with Crippen LogP contribution in [0.2, 0.25) is 0 Å². The summed E-state index contributed by atoms with van der Waals surface area (Å²) in [5.74, 6) is 1.81. The Morgan fingerprint density at radius 3 is 2.45 bits per heavy atom. The van der Waals surface area contributed by atoms with Crippen LogP contribution in [0, 0.1) is 0 Å². The van der Waals surface area contributed by atoms with E-state index in [4.69, 9.17) is 0 Å². The van der Waals surface area contributed by atoms with E-state index in [2.05, 4.69) is 49.4 Å². The standard InChI is InChI=1S/C22H30N6O/c1-26(2)21(29)18-25-22(24-13-11-19-8-4-3-5-9-19)28-16-14-27(15-17-28)20-10-6-7-12-23-20/h3-10,12H,11,13-18H2,1-2H3,(H,24,25). The molecule has 1 aromatic carbocycles. The van der Waals surface area contributed by atoms with E-state index in [9.17, 15) is 4.79 Å². The summed E-state index contributed by atoms with van der Waals surface area (Å²) in [5.41, 5.74) is 1.28. The third-order valence-electron chi connectivity index (χ3n) is 4.95. The fourth-order valence-corrected chi connectivity index (χ4v) is 3.20. The van der Waals surface area contributed by atoms with Crippen LogP contribution in [0.5, 0.6) is 0 Å².